The summed E-state index contributed by atoms with van der Waals surface area (Å²) in [5, 5.41) is 8.14. The molecule has 33 heavy (non-hydrogen) atoms. The SMILES string of the molecule is CCc1ccc(S(=O)(=O)NCC2=NN(c3ccc(Cl)cc3Cl)C(c3ccc(Cl)cc3)C2)cc1. The Hall–Kier alpha value is -2.09. The molecule has 0 aromatic heterocycles. The van der Waals surface area contributed by atoms with E-state index in [4.69, 9.17) is 39.9 Å². The number of hydrazone groups is 1. The summed E-state index contributed by atoms with van der Waals surface area (Å²) in [5.74, 6) is 0. The van der Waals surface area contributed by atoms with Gasteiger partial charge in [-0.1, -0.05) is 66.0 Å². The largest absolute Gasteiger partial charge is 0.256 e. The van der Waals surface area contributed by atoms with E-state index in [-0.39, 0.29) is 17.5 Å². The quantitative estimate of drug-likeness (QED) is 0.385. The van der Waals surface area contributed by atoms with Crippen LogP contribution in [-0.4, -0.2) is 20.7 Å². The standard InChI is InChI=1S/C24H22Cl3N3O2S/c1-2-16-3-10-21(11-4-16)33(31,32)28-15-20-14-24(17-5-7-18(25)8-6-17)30(29-20)23-12-9-19(26)13-22(23)27/h3-13,24,28H,2,14-15H2,1H3. The lowest BCUT2D eigenvalue weighted by Crippen LogP contribution is -2.29. The van der Waals surface area contributed by atoms with Crippen molar-refractivity contribution < 1.29 is 8.42 Å². The summed E-state index contributed by atoms with van der Waals surface area (Å²) in [4.78, 5) is 0.227. The highest BCUT2D eigenvalue weighted by molar-refractivity contribution is 7.89. The van der Waals surface area contributed by atoms with E-state index in [0.717, 1.165) is 17.5 Å². The number of hydrogen-bond acceptors (Lipinski definition) is 4. The van der Waals surface area contributed by atoms with Crippen LogP contribution in [-0.2, 0) is 16.4 Å². The number of rotatable bonds is 7. The molecule has 1 N–H and O–H groups in total. The maximum atomic E-state index is 12.8. The summed E-state index contributed by atoms with van der Waals surface area (Å²) in [5.41, 5.74) is 3.45. The molecular weight excluding hydrogens is 501 g/mol. The highest BCUT2D eigenvalue weighted by Gasteiger charge is 2.31. The Kier molecular flexibility index (Phi) is 7.31. The van der Waals surface area contributed by atoms with Gasteiger partial charge in [0.1, 0.15) is 0 Å². The van der Waals surface area contributed by atoms with Gasteiger partial charge in [-0.2, -0.15) is 5.10 Å². The van der Waals surface area contributed by atoms with Crippen LogP contribution in [0.15, 0.2) is 76.7 Å². The van der Waals surface area contributed by atoms with Crippen molar-refractivity contribution in [2.45, 2.75) is 30.7 Å². The number of benzene rings is 3. The van der Waals surface area contributed by atoms with E-state index in [1.165, 1.54) is 0 Å². The molecule has 1 unspecified atom stereocenters. The topological polar surface area (TPSA) is 61.8 Å². The predicted octanol–water partition coefficient (Wildman–Crippen LogP) is 6.50. The number of sulfonamides is 1. The summed E-state index contributed by atoms with van der Waals surface area (Å²) in [6, 6.07) is 19.4. The Labute approximate surface area is 209 Å². The van der Waals surface area contributed by atoms with Crippen LogP contribution in [0.1, 0.15) is 30.5 Å². The van der Waals surface area contributed by atoms with Gasteiger partial charge in [0.15, 0.2) is 0 Å². The van der Waals surface area contributed by atoms with E-state index in [1.807, 2.05) is 48.3 Å². The molecule has 0 bridgehead atoms. The Morgan fingerprint density at radius 3 is 2.27 bits per heavy atom. The number of nitrogens with one attached hydrogen (secondary N) is 1. The van der Waals surface area contributed by atoms with Crippen molar-refractivity contribution >= 4 is 56.2 Å². The molecule has 1 aliphatic heterocycles. The first-order valence-electron chi connectivity index (χ1n) is 10.4. The van der Waals surface area contributed by atoms with Crippen LogP contribution < -0.4 is 9.73 Å². The first-order valence-corrected chi connectivity index (χ1v) is 13.0. The van der Waals surface area contributed by atoms with Crippen molar-refractivity contribution in [3.8, 4) is 0 Å². The zero-order chi connectivity index (χ0) is 23.6. The highest BCUT2D eigenvalue weighted by Crippen LogP contribution is 2.39. The second-order valence-corrected chi connectivity index (χ2v) is 10.7. The number of hydrogen-bond donors (Lipinski definition) is 1. The van der Waals surface area contributed by atoms with Gasteiger partial charge >= 0.3 is 0 Å². The molecule has 1 aliphatic rings. The predicted molar refractivity (Wildman–Crippen MR) is 136 cm³/mol. The van der Waals surface area contributed by atoms with Crippen LogP contribution in [0.5, 0.6) is 0 Å². The molecular formula is C24H22Cl3N3O2S. The third-order valence-electron chi connectivity index (χ3n) is 5.49. The lowest BCUT2D eigenvalue weighted by molar-refractivity contribution is 0.586. The molecule has 1 atom stereocenters. The van der Waals surface area contributed by atoms with Gasteiger partial charge in [-0.3, -0.25) is 5.01 Å². The van der Waals surface area contributed by atoms with Gasteiger partial charge in [-0.15, -0.1) is 0 Å². The third kappa shape index (κ3) is 5.53. The number of aryl methyl sites for hydroxylation is 1. The van der Waals surface area contributed by atoms with Crippen molar-refractivity contribution in [2.24, 2.45) is 5.10 Å². The zero-order valence-corrected chi connectivity index (χ0v) is 20.9. The Morgan fingerprint density at radius 1 is 0.970 bits per heavy atom. The van der Waals surface area contributed by atoms with Crippen molar-refractivity contribution in [2.75, 3.05) is 11.6 Å². The average molecular weight is 523 g/mol. The van der Waals surface area contributed by atoms with Gasteiger partial charge < -0.3 is 0 Å². The van der Waals surface area contributed by atoms with Gasteiger partial charge in [-0.05, 0) is 60.0 Å². The summed E-state index contributed by atoms with van der Waals surface area (Å²) in [6.45, 7) is 2.11. The first kappa shape index (κ1) is 24.0. The molecule has 0 saturated carbocycles. The zero-order valence-electron chi connectivity index (χ0n) is 17.8. The van der Waals surface area contributed by atoms with Crippen LogP contribution in [0.3, 0.4) is 0 Å². The van der Waals surface area contributed by atoms with E-state index >= 15 is 0 Å². The van der Waals surface area contributed by atoms with Crippen LogP contribution in [0.25, 0.3) is 0 Å². The second kappa shape index (κ2) is 10.0. The molecule has 1 heterocycles. The molecule has 0 amide bonds. The molecule has 172 valence electrons. The van der Waals surface area contributed by atoms with E-state index in [0.29, 0.717) is 32.9 Å². The van der Waals surface area contributed by atoms with Gasteiger partial charge in [0.05, 0.1) is 33.9 Å². The highest BCUT2D eigenvalue weighted by atomic mass is 35.5. The minimum atomic E-state index is -3.67. The molecule has 0 saturated heterocycles. The lowest BCUT2D eigenvalue weighted by atomic mass is 10.0. The Bertz CT molecular complexity index is 1280. The van der Waals surface area contributed by atoms with Crippen molar-refractivity contribution in [1.29, 1.82) is 0 Å². The van der Waals surface area contributed by atoms with E-state index in [9.17, 15) is 8.42 Å². The minimum absolute atomic E-state index is 0.0870. The average Bonchev–Trinajstić information content (AvgIpc) is 3.22. The lowest BCUT2D eigenvalue weighted by Gasteiger charge is -2.25. The van der Waals surface area contributed by atoms with Gasteiger partial charge in [0.25, 0.3) is 0 Å². The van der Waals surface area contributed by atoms with Crippen molar-refractivity contribution in [3.05, 3.63) is 92.9 Å². The summed E-state index contributed by atoms with van der Waals surface area (Å²) in [7, 11) is -3.67. The van der Waals surface area contributed by atoms with Crippen LogP contribution >= 0.6 is 34.8 Å². The molecule has 0 fully saturated rings. The monoisotopic (exact) mass is 521 g/mol. The summed E-state index contributed by atoms with van der Waals surface area (Å²) >= 11 is 18.6. The maximum Gasteiger partial charge on any atom is 0.240 e. The molecule has 0 radical (unpaired) electrons. The fourth-order valence-corrected chi connectivity index (χ4v) is 5.32. The molecule has 0 spiro atoms. The number of halogens is 3. The third-order valence-corrected chi connectivity index (χ3v) is 7.70. The fourth-order valence-electron chi connectivity index (χ4n) is 3.68. The van der Waals surface area contributed by atoms with Gasteiger partial charge in [0.2, 0.25) is 10.0 Å². The van der Waals surface area contributed by atoms with Crippen LogP contribution in [0, 0.1) is 0 Å². The van der Waals surface area contributed by atoms with Gasteiger partial charge in [0, 0.05) is 16.5 Å². The molecule has 5 nitrogen and oxygen atoms in total. The minimum Gasteiger partial charge on any atom is -0.256 e. The summed E-state index contributed by atoms with van der Waals surface area (Å²) < 4.78 is 28.3. The second-order valence-electron chi connectivity index (χ2n) is 7.70. The molecule has 0 aliphatic carbocycles. The molecule has 4 rings (SSSR count). The normalized spacial score (nSPS) is 16.2. The van der Waals surface area contributed by atoms with Crippen molar-refractivity contribution in [3.63, 3.8) is 0 Å². The Balaban J connectivity index is 1.59. The smallest absolute Gasteiger partial charge is 0.240 e. The summed E-state index contributed by atoms with van der Waals surface area (Å²) in [6.07, 6.45) is 1.37. The maximum absolute atomic E-state index is 12.8. The first-order chi connectivity index (χ1) is 15.8. The van der Waals surface area contributed by atoms with Crippen LogP contribution in [0.2, 0.25) is 15.1 Å². The van der Waals surface area contributed by atoms with Crippen molar-refractivity contribution in [1.82, 2.24) is 4.72 Å². The van der Waals surface area contributed by atoms with E-state index in [1.54, 1.807) is 30.3 Å². The molecule has 3 aromatic rings. The fraction of sp³-hybridized carbons (Fsp3) is 0.208. The number of anilines is 1. The molecule has 3 aromatic carbocycles. The van der Waals surface area contributed by atoms with Gasteiger partial charge in [-0.25, -0.2) is 13.1 Å². The Morgan fingerprint density at radius 2 is 1.64 bits per heavy atom. The van der Waals surface area contributed by atoms with E-state index < -0.39 is 10.0 Å². The number of nitrogens with zero attached hydrogens (tertiary/aromatic N) is 2. The molecule has 9 heteroatoms. The van der Waals surface area contributed by atoms with Crippen LogP contribution in [0.4, 0.5) is 5.69 Å². The van der Waals surface area contributed by atoms with E-state index in [2.05, 4.69) is 4.72 Å².